The van der Waals surface area contributed by atoms with E-state index in [0.29, 0.717) is 93.1 Å². The molecule has 0 amide bonds. The molecule has 57 heavy (non-hydrogen) atoms. The number of fused-ring (bicyclic) bond motifs is 6. The van der Waals surface area contributed by atoms with Gasteiger partial charge >= 0.3 is 0 Å². The minimum absolute atomic E-state index is 0.302. The Bertz CT molecular complexity index is 1240. The predicted molar refractivity (Wildman–Crippen MR) is 262 cm³/mol. The molecule has 4 saturated carbocycles. The Hall–Kier alpha value is 0. The number of hydrogen-bond donors (Lipinski definition) is 0. The van der Waals surface area contributed by atoms with Crippen molar-refractivity contribution in [3.8, 4) is 0 Å². The van der Waals surface area contributed by atoms with E-state index in [1.165, 1.54) is 38.5 Å². The van der Waals surface area contributed by atoms with Crippen LogP contribution in [0, 0.1) is 99.0 Å². The molecule has 0 saturated heterocycles. The monoisotopic (exact) mass is 799 g/mol. The molecule has 0 N–H and O–H groups in total. The highest BCUT2D eigenvalue weighted by Gasteiger charge is 2.67. The molecule has 0 unspecified atom stereocenters. The smallest absolute Gasteiger partial charge is 0.0245 e. The Morgan fingerprint density at radius 2 is 0.649 bits per heavy atom. The van der Waals surface area contributed by atoms with Crippen LogP contribution in [0.5, 0.6) is 0 Å². The van der Waals surface area contributed by atoms with E-state index >= 15 is 0 Å². The quantitative estimate of drug-likeness (QED) is 0.267. The molecule has 4 aliphatic rings. The van der Waals surface area contributed by atoms with Crippen molar-refractivity contribution >= 4 is 0 Å². The molecule has 0 heteroatoms. The normalized spacial score (nSPS) is 31.8. The zero-order valence-electron chi connectivity index (χ0n) is 46.5. The molecule has 0 heterocycles. The lowest BCUT2D eigenvalue weighted by Crippen LogP contribution is -2.65. The second kappa shape index (κ2) is 15.4. The lowest BCUT2D eigenvalue weighted by molar-refractivity contribution is -0.231. The Morgan fingerprint density at radius 1 is 0.404 bits per heavy atom. The molecule has 4 aliphatic carbocycles. The zero-order chi connectivity index (χ0) is 46.5. The van der Waals surface area contributed by atoms with Crippen LogP contribution in [0.3, 0.4) is 0 Å². The summed E-state index contributed by atoms with van der Waals surface area (Å²) in [5.41, 5.74) is 5.49. The third-order valence-corrected chi connectivity index (χ3v) is 21.7. The second-order valence-corrected chi connectivity index (χ2v) is 31.5. The van der Waals surface area contributed by atoms with Gasteiger partial charge in [0, 0.05) is 0 Å². The second-order valence-electron chi connectivity index (χ2n) is 31.5. The van der Waals surface area contributed by atoms with Crippen molar-refractivity contribution in [3.05, 3.63) is 0 Å². The molecule has 0 atom stereocenters. The standard InChI is InChI=1S/C24H46.C19H38.C14H30/c1-18(2)14-24(13)15-19(3,4)22(9,10)17(21(18,7)8)23(11,12)20(5,6)16-24;1-14-18(8,9)16(4,5)12-15(2,3)13-17(6,7)19(14,10)11;1-11(2)14(8,9)13(6,7)10-12(3,4)5/h17H,14-16H2,1-13H3;14H,12-13H2,1-11H3;11H,10H2,1-9H3. The van der Waals surface area contributed by atoms with Gasteiger partial charge in [0.05, 0.1) is 0 Å². The van der Waals surface area contributed by atoms with Crippen molar-refractivity contribution in [1.29, 1.82) is 0 Å². The van der Waals surface area contributed by atoms with E-state index < -0.39 is 0 Å². The van der Waals surface area contributed by atoms with Crippen molar-refractivity contribution in [2.75, 3.05) is 0 Å². The fourth-order valence-corrected chi connectivity index (χ4v) is 15.3. The SMILES string of the molecule is CC(C)C(C)(C)C(C)(C)CC(C)(C)C.CC12CC(C)(C)C(C)(C)C(C(C)(C)C(C)(C)C1)C(C)(C)C(C)(C)C2.CC1C(C)(C)C(C)(C)CC(C)(C)CC(C)(C)C1(C)C. The average molecular weight is 800 g/mol. The van der Waals surface area contributed by atoms with Gasteiger partial charge in [-0.25, -0.2) is 0 Å². The molecule has 0 aromatic carbocycles. The van der Waals surface area contributed by atoms with Crippen molar-refractivity contribution in [1.82, 2.24) is 0 Å². The number of hydrogen-bond acceptors (Lipinski definition) is 0. The zero-order valence-corrected chi connectivity index (χ0v) is 46.5. The molecular formula is C57H114. The van der Waals surface area contributed by atoms with Crippen LogP contribution in [0.1, 0.15) is 267 Å². The van der Waals surface area contributed by atoms with Crippen molar-refractivity contribution in [2.45, 2.75) is 267 Å². The molecule has 0 radical (unpaired) electrons. The topological polar surface area (TPSA) is 0 Å². The fourth-order valence-electron chi connectivity index (χ4n) is 15.3. The first-order valence-electron chi connectivity index (χ1n) is 24.2. The van der Waals surface area contributed by atoms with E-state index in [1.54, 1.807) is 0 Å². The van der Waals surface area contributed by atoms with Crippen molar-refractivity contribution in [2.24, 2.45) is 99.0 Å². The molecule has 0 aromatic rings. The van der Waals surface area contributed by atoms with Crippen LogP contribution < -0.4 is 0 Å². The molecule has 4 fully saturated rings. The first kappa shape index (κ1) is 55.0. The Balaban J connectivity index is 0.000000445. The van der Waals surface area contributed by atoms with Crippen molar-refractivity contribution < 1.29 is 0 Å². The lowest BCUT2D eigenvalue weighted by atomic mass is 9.33. The van der Waals surface area contributed by atoms with Crippen LogP contribution in [0.4, 0.5) is 0 Å². The van der Waals surface area contributed by atoms with Gasteiger partial charge in [-0.2, -0.15) is 0 Å². The molecule has 342 valence electrons. The van der Waals surface area contributed by atoms with E-state index in [0.717, 1.165) is 5.92 Å². The average Bonchev–Trinajstić information content (AvgIpc) is 2.86. The minimum Gasteiger partial charge on any atom is -0.0622 e. The van der Waals surface area contributed by atoms with Crippen LogP contribution >= 0.6 is 0 Å². The lowest BCUT2D eigenvalue weighted by Gasteiger charge is -2.72. The Labute approximate surface area is 364 Å². The maximum Gasteiger partial charge on any atom is -0.0245 e. The maximum absolute atomic E-state index is 2.60. The van der Waals surface area contributed by atoms with Crippen LogP contribution in [0.25, 0.3) is 0 Å². The predicted octanol–water partition coefficient (Wildman–Crippen LogP) is 19.6. The van der Waals surface area contributed by atoms with Gasteiger partial charge in [0.2, 0.25) is 0 Å². The molecule has 0 nitrogen and oxygen atoms in total. The summed E-state index contributed by atoms with van der Waals surface area (Å²) in [6.07, 6.45) is 7.96. The van der Waals surface area contributed by atoms with E-state index in [1.807, 2.05) is 0 Å². The highest BCUT2D eigenvalue weighted by Crippen LogP contribution is 2.74. The van der Waals surface area contributed by atoms with Gasteiger partial charge in [-0.05, 0) is 138 Å². The fraction of sp³-hybridized carbons (Fsp3) is 1.00. The summed E-state index contributed by atoms with van der Waals surface area (Å²) < 4.78 is 0. The first-order valence-corrected chi connectivity index (χ1v) is 24.2. The summed E-state index contributed by atoms with van der Waals surface area (Å²) in [6, 6.07) is 0. The van der Waals surface area contributed by atoms with Gasteiger partial charge in [0.25, 0.3) is 0 Å². The van der Waals surface area contributed by atoms with Gasteiger partial charge in [0.1, 0.15) is 0 Å². The first-order chi connectivity index (χ1) is 24.2. The third kappa shape index (κ3) is 10.3. The molecule has 4 rings (SSSR count). The van der Waals surface area contributed by atoms with Gasteiger partial charge in [0.15, 0.2) is 0 Å². The maximum atomic E-state index is 2.60. The van der Waals surface area contributed by atoms with Gasteiger partial charge in [-0.3, -0.25) is 0 Å². The van der Waals surface area contributed by atoms with Crippen LogP contribution in [0.15, 0.2) is 0 Å². The Morgan fingerprint density at radius 3 is 0.877 bits per heavy atom. The summed E-state index contributed by atoms with van der Waals surface area (Å²) >= 11 is 0. The molecule has 0 spiro atoms. The summed E-state index contributed by atoms with van der Waals surface area (Å²) in [6.45, 7) is 82.2. The third-order valence-electron chi connectivity index (χ3n) is 21.7. The summed E-state index contributed by atoms with van der Waals surface area (Å²) in [5.74, 6) is 2.13. The minimum atomic E-state index is 0.302. The molecular weight excluding hydrogens is 685 g/mol. The highest BCUT2D eigenvalue weighted by atomic mass is 14.7. The summed E-state index contributed by atoms with van der Waals surface area (Å²) in [7, 11) is 0. The van der Waals surface area contributed by atoms with Gasteiger partial charge < -0.3 is 0 Å². The van der Waals surface area contributed by atoms with E-state index in [4.69, 9.17) is 0 Å². The van der Waals surface area contributed by atoms with Crippen molar-refractivity contribution in [3.63, 3.8) is 0 Å². The van der Waals surface area contributed by atoms with Crippen LogP contribution in [0.2, 0.25) is 0 Å². The van der Waals surface area contributed by atoms with E-state index in [9.17, 15) is 0 Å². The van der Waals surface area contributed by atoms with E-state index in [-0.39, 0.29) is 0 Å². The van der Waals surface area contributed by atoms with E-state index in [2.05, 4.69) is 228 Å². The van der Waals surface area contributed by atoms with Gasteiger partial charge in [-0.15, -0.1) is 0 Å². The molecule has 2 bridgehead atoms. The molecule has 0 aliphatic heterocycles. The summed E-state index contributed by atoms with van der Waals surface area (Å²) in [4.78, 5) is 0. The van der Waals surface area contributed by atoms with Crippen LogP contribution in [-0.2, 0) is 0 Å². The van der Waals surface area contributed by atoms with Gasteiger partial charge in [-0.1, -0.05) is 228 Å². The largest absolute Gasteiger partial charge is 0.0622 e. The summed E-state index contributed by atoms with van der Waals surface area (Å²) in [5, 5.41) is 0. The Kier molecular flexibility index (Phi) is 14.8. The highest BCUT2D eigenvalue weighted by molar-refractivity contribution is 5.16. The molecule has 0 aromatic heterocycles. The van der Waals surface area contributed by atoms with Crippen LogP contribution in [-0.4, -0.2) is 0 Å². The number of rotatable bonds is 3.